The average molecular weight is 366 g/mol. The fourth-order valence-corrected chi connectivity index (χ4v) is 4.08. The van der Waals surface area contributed by atoms with E-state index in [1.54, 1.807) is 0 Å². The molecular formula is C25H22N2O. The molecule has 3 nitrogen and oxygen atoms in total. The van der Waals surface area contributed by atoms with E-state index in [1.807, 2.05) is 35.2 Å². The van der Waals surface area contributed by atoms with Crippen LogP contribution in [-0.4, -0.2) is 22.3 Å². The monoisotopic (exact) mass is 366 g/mol. The van der Waals surface area contributed by atoms with E-state index in [0.29, 0.717) is 6.54 Å². The highest BCUT2D eigenvalue weighted by Gasteiger charge is 2.24. The van der Waals surface area contributed by atoms with Crippen LogP contribution in [0.3, 0.4) is 0 Å². The molecule has 138 valence electrons. The zero-order valence-corrected chi connectivity index (χ0v) is 15.9. The maximum Gasteiger partial charge on any atom is 0.254 e. The molecule has 28 heavy (non-hydrogen) atoms. The van der Waals surface area contributed by atoms with Crippen molar-refractivity contribution in [3.63, 3.8) is 0 Å². The number of aromatic amines is 1. The zero-order chi connectivity index (χ0) is 19.1. The number of nitrogens with zero attached hydrogens (tertiary/aromatic N) is 1. The lowest BCUT2D eigenvalue weighted by atomic mass is 9.99. The van der Waals surface area contributed by atoms with Crippen LogP contribution >= 0.6 is 0 Å². The molecule has 1 aliphatic rings. The Bertz CT molecular complexity index is 1160. The van der Waals surface area contributed by atoms with Gasteiger partial charge in [0.25, 0.3) is 5.91 Å². The summed E-state index contributed by atoms with van der Waals surface area (Å²) < 4.78 is 0. The number of rotatable bonds is 2. The van der Waals surface area contributed by atoms with E-state index >= 15 is 0 Å². The van der Waals surface area contributed by atoms with E-state index in [4.69, 9.17) is 0 Å². The first kappa shape index (κ1) is 16.8. The fraction of sp³-hybridized carbons (Fsp3) is 0.160. The molecule has 2 heterocycles. The van der Waals surface area contributed by atoms with Crippen molar-refractivity contribution in [1.29, 1.82) is 0 Å². The van der Waals surface area contributed by atoms with Gasteiger partial charge in [0.1, 0.15) is 0 Å². The molecule has 3 aromatic carbocycles. The Morgan fingerprint density at radius 2 is 1.68 bits per heavy atom. The lowest BCUT2D eigenvalue weighted by Crippen LogP contribution is -2.35. The number of hydrogen-bond acceptors (Lipinski definition) is 1. The Labute approximate surface area is 164 Å². The van der Waals surface area contributed by atoms with E-state index in [-0.39, 0.29) is 5.91 Å². The van der Waals surface area contributed by atoms with E-state index in [0.717, 1.165) is 24.0 Å². The van der Waals surface area contributed by atoms with Gasteiger partial charge in [-0.2, -0.15) is 0 Å². The van der Waals surface area contributed by atoms with Crippen molar-refractivity contribution in [2.24, 2.45) is 0 Å². The topological polar surface area (TPSA) is 36.1 Å². The summed E-state index contributed by atoms with van der Waals surface area (Å²) in [5.41, 5.74) is 8.10. The van der Waals surface area contributed by atoms with Crippen LogP contribution in [0.2, 0.25) is 0 Å². The van der Waals surface area contributed by atoms with Crippen molar-refractivity contribution < 1.29 is 4.79 Å². The van der Waals surface area contributed by atoms with E-state index in [9.17, 15) is 4.79 Å². The summed E-state index contributed by atoms with van der Waals surface area (Å²) in [4.78, 5) is 18.4. The van der Waals surface area contributed by atoms with Crippen LogP contribution in [0.5, 0.6) is 0 Å². The molecule has 1 amide bonds. The van der Waals surface area contributed by atoms with E-state index in [2.05, 4.69) is 54.4 Å². The Balaban J connectivity index is 1.51. The number of aromatic nitrogens is 1. The Morgan fingerprint density at radius 1 is 0.929 bits per heavy atom. The molecule has 3 heteroatoms. The summed E-state index contributed by atoms with van der Waals surface area (Å²) in [6.07, 6.45) is 0.864. The van der Waals surface area contributed by atoms with Gasteiger partial charge in [0, 0.05) is 47.2 Å². The number of hydrogen-bond donors (Lipinski definition) is 1. The molecule has 1 aliphatic heterocycles. The van der Waals surface area contributed by atoms with Crippen molar-refractivity contribution in [2.75, 3.05) is 6.54 Å². The Kier molecular flexibility index (Phi) is 4.01. The maximum absolute atomic E-state index is 12.9. The molecule has 0 saturated carbocycles. The summed E-state index contributed by atoms with van der Waals surface area (Å²) in [7, 11) is 0. The van der Waals surface area contributed by atoms with Crippen molar-refractivity contribution in [1.82, 2.24) is 9.88 Å². The molecule has 4 aromatic rings. The summed E-state index contributed by atoms with van der Waals surface area (Å²) in [5, 5.41) is 1.22. The average Bonchev–Trinajstić information content (AvgIpc) is 3.11. The molecule has 0 bridgehead atoms. The number of nitrogens with one attached hydrogen (secondary N) is 1. The molecule has 0 saturated heterocycles. The van der Waals surface area contributed by atoms with Gasteiger partial charge < -0.3 is 9.88 Å². The summed E-state index contributed by atoms with van der Waals surface area (Å²) in [6, 6.07) is 24.8. The molecule has 0 spiro atoms. The maximum atomic E-state index is 12.9. The van der Waals surface area contributed by atoms with Crippen LogP contribution in [0.25, 0.3) is 22.0 Å². The first-order valence-electron chi connectivity index (χ1n) is 9.74. The van der Waals surface area contributed by atoms with Gasteiger partial charge in [0.05, 0.1) is 0 Å². The third kappa shape index (κ3) is 2.89. The van der Waals surface area contributed by atoms with Crippen LogP contribution in [-0.2, 0) is 13.0 Å². The third-order valence-corrected chi connectivity index (χ3v) is 5.67. The number of H-pyrrole nitrogens is 1. The van der Waals surface area contributed by atoms with Gasteiger partial charge >= 0.3 is 0 Å². The molecule has 0 fully saturated rings. The first-order valence-corrected chi connectivity index (χ1v) is 9.74. The normalized spacial score (nSPS) is 13.5. The number of carbonyl (C=O) groups is 1. The standard InChI is InChI=1S/C25H22N2O/c1-17-7-9-18(10-8-17)20-11-12-23-21(15-20)22-16-27(14-13-24(22)26-23)25(28)19-5-3-2-4-6-19/h2-12,15,26H,13-14,16H2,1H3. The minimum Gasteiger partial charge on any atom is -0.358 e. The number of carbonyl (C=O) groups excluding carboxylic acids is 1. The quantitative estimate of drug-likeness (QED) is 0.511. The highest BCUT2D eigenvalue weighted by atomic mass is 16.2. The van der Waals surface area contributed by atoms with Crippen LogP contribution in [0, 0.1) is 6.92 Å². The number of aryl methyl sites for hydroxylation is 1. The molecule has 0 unspecified atom stereocenters. The van der Waals surface area contributed by atoms with Gasteiger partial charge in [-0.1, -0.05) is 54.1 Å². The number of fused-ring (bicyclic) bond motifs is 3. The highest BCUT2D eigenvalue weighted by Crippen LogP contribution is 2.32. The molecule has 0 aliphatic carbocycles. The molecule has 0 radical (unpaired) electrons. The largest absolute Gasteiger partial charge is 0.358 e. The lowest BCUT2D eigenvalue weighted by molar-refractivity contribution is 0.0735. The lowest BCUT2D eigenvalue weighted by Gasteiger charge is -2.27. The summed E-state index contributed by atoms with van der Waals surface area (Å²) in [6.45, 7) is 3.51. The van der Waals surface area contributed by atoms with E-state index in [1.165, 1.54) is 33.3 Å². The van der Waals surface area contributed by atoms with Gasteiger partial charge in [-0.3, -0.25) is 4.79 Å². The molecule has 1 aromatic heterocycles. The second kappa shape index (κ2) is 6.68. The smallest absolute Gasteiger partial charge is 0.254 e. The van der Waals surface area contributed by atoms with Crippen LogP contribution in [0.4, 0.5) is 0 Å². The Hall–Kier alpha value is -3.33. The van der Waals surface area contributed by atoms with Crippen molar-refractivity contribution >= 4 is 16.8 Å². The molecule has 5 rings (SSSR count). The van der Waals surface area contributed by atoms with E-state index < -0.39 is 0 Å². The fourth-order valence-electron chi connectivity index (χ4n) is 4.08. The van der Waals surface area contributed by atoms with Gasteiger partial charge in [-0.15, -0.1) is 0 Å². The number of benzene rings is 3. The Morgan fingerprint density at radius 3 is 2.46 bits per heavy atom. The molecule has 0 atom stereocenters. The third-order valence-electron chi connectivity index (χ3n) is 5.67. The van der Waals surface area contributed by atoms with Gasteiger partial charge in [0.2, 0.25) is 0 Å². The van der Waals surface area contributed by atoms with Crippen LogP contribution in [0.1, 0.15) is 27.2 Å². The van der Waals surface area contributed by atoms with Gasteiger partial charge in [-0.05, 0) is 42.3 Å². The predicted octanol–water partition coefficient (Wildman–Crippen LogP) is 5.34. The minimum atomic E-state index is 0.107. The van der Waals surface area contributed by atoms with Crippen LogP contribution in [0.15, 0.2) is 72.8 Å². The highest BCUT2D eigenvalue weighted by molar-refractivity contribution is 5.95. The second-order valence-corrected chi connectivity index (χ2v) is 7.55. The summed E-state index contributed by atoms with van der Waals surface area (Å²) in [5.74, 6) is 0.107. The van der Waals surface area contributed by atoms with Crippen molar-refractivity contribution in [2.45, 2.75) is 19.9 Å². The number of amides is 1. The van der Waals surface area contributed by atoms with Crippen molar-refractivity contribution in [3.05, 3.63) is 95.2 Å². The first-order chi connectivity index (χ1) is 13.7. The van der Waals surface area contributed by atoms with Gasteiger partial charge in [-0.25, -0.2) is 0 Å². The SMILES string of the molecule is Cc1ccc(-c2ccc3[nH]c4c(c3c2)CN(C(=O)c2ccccc2)CC4)cc1. The molecule has 1 N–H and O–H groups in total. The van der Waals surface area contributed by atoms with Gasteiger partial charge in [0.15, 0.2) is 0 Å². The molecular weight excluding hydrogens is 344 g/mol. The summed E-state index contributed by atoms with van der Waals surface area (Å²) >= 11 is 0. The van der Waals surface area contributed by atoms with Crippen molar-refractivity contribution in [3.8, 4) is 11.1 Å². The van der Waals surface area contributed by atoms with Crippen LogP contribution < -0.4 is 0 Å². The predicted molar refractivity (Wildman–Crippen MR) is 113 cm³/mol. The minimum absolute atomic E-state index is 0.107. The zero-order valence-electron chi connectivity index (χ0n) is 15.9. The second-order valence-electron chi connectivity index (χ2n) is 7.55.